The van der Waals surface area contributed by atoms with E-state index in [-0.39, 0.29) is 5.91 Å². The summed E-state index contributed by atoms with van der Waals surface area (Å²) in [6.45, 7) is 3.11. The van der Waals surface area contributed by atoms with Crippen LogP contribution < -0.4 is 10.2 Å². The highest BCUT2D eigenvalue weighted by atomic mass is 32.1. The highest BCUT2D eigenvalue weighted by molar-refractivity contribution is 7.71. The molecule has 2 N–H and O–H groups in total. The first-order chi connectivity index (χ1) is 13.7. The van der Waals surface area contributed by atoms with Crippen LogP contribution in [0.3, 0.4) is 0 Å². The van der Waals surface area contributed by atoms with Gasteiger partial charge in [-0.3, -0.25) is 14.5 Å². The van der Waals surface area contributed by atoms with Crippen molar-refractivity contribution in [2.75, 3.05) is 18.0 Å². The largest absolute Gasteiger partial charge is 0.357 e. The molecule has 0 aliphatic carbocycles. The summed E-state index contributed by atoms with van der Waals surface area (Å²) >= 11 is 6.90. The molecule has 0 bridgehead atoms. The summed E-state index contributed by atoms with van der Waals surface area (Å²) in [5, 5.41) is 12.0. The third-order valence-electron chi connectivity index (χ3n) is 4.79. The van der Waals surface area contributed by atoms with E-state index in [0.29, 0.717) is 24.3 Å². The van der Waals surface area contributed by atoms with E-state index in [4.69, 9.17) is 12.2 Å². The van der Waals surface area contributed by atoms with Gasteiger partial charge < -0.3 is 10.2 Å². The Kier molecular flexibility index (Phi) is 5.82. The van der Waals surface area contributed by atoms with E-state index < -0.39 is 0 Å². The molecular weight excluding hydrogens is 392 g/mol. The second-order valence-electron chi connectivity index (χ2n) is 6.73. The predicted octanol–water partition coefficient (Wildman–Crippen LogP) is 3.37. The number of pyridine rings is 1. The predicted molar refractivity (Wildman–Crippen MR) is 113 cm³/mol. The van der Waals surface area contributed by atoms with Crippen molar-refractivity contribution < 1.29 is 4.79 Å². The lowest BCUT2D eigenvalue weighted by atomic mass is 10.2. The van der Waals surface area contributed by atoms with Crippen molar-refractivity contribution in [3.8, 4) is 10.7 Å². The molecule has 7 nitrogen and oxygen atoms in total. The van der Waals surface area contributed by atoms with Crippen LogP contribution in [0.15, 0.2) is 35.8 Å². The molecule has 0 atom stereocenters. The highest BCUT2D eigenvalue weighted by Gasteiger charge is 2.14. The van der Waals surface area contributed by atoms with Crippen LogP contribution in [-0.2, 0) is 17.9 Å². The lowest BCUT2D eigenvalue weighted by Crippen LogP contribution is -2.24. The van der Waals surface area contributed by atoms with Crippen LogP contribution in [0, 0.1) is 4.77 Å². The number of carbonyl (C=O) groups is 1. The molecule has 146 valence electrons. The van der Waals surface area contributed by atoms with Crippen molar-refractivity contribution in [1.82, 2.24) is 25.1 Å². The van der Waals surface area contributed by atoms with Crippen LogP contribution in [0.25, 0.3) is 10.7 Å². The average molecular weight is 415 g/mol. The minimum atomic E-state index is -0.0242. The zero-order chi connectivity index (χ0) is 19.3. The molecule has 1 saturated heterocycles. The number of aromatic nitrogens is 4. The Bertz CT molecular complexity index is 971. The van der Waals surface area contributed by atoms with Crippen molar-refractivity contribution in [3.63, 3.8) is 0 Å². The molecule has 9 heteroatoms. The molecule has 1 fully saturated rings. The number of thiophene rings is 1. The first kappa shape index (κ1) is 18.8. The average Bonchev–Trinajstić information content (AvgIpc) is 3.47. The van der Waals surface area contributed by atoms with Crippen LogP contribution in [0.5, 0.6) is 0 Å². The van der Waals surface area contributed by atoms with E-state index in [1.54, 1.807) is 11.3 Å². The van der Waals surface area contributed by atoms with Crippen LogP contribution >= 0.6 is 23.6 Å². The maximum Gasteiger partial charge on any atom is 0.222 e. The van der Waals surface area contributed by atoms with Gasteiger partial charge in [-0.15, -0.1) is 11.3 Å². The van der Waals surface area contributed by atoms with Gasteiger partial charge in [0.05, 0.1) is 4.88 Å². The number of H-pyrrole nitrogens is 1. The maximum atomic E-state index is 12.3. The summed E-state index contributed by atoms with van der Waals surface area (Å²) in [5.41, 5.74) is 0.996. The number of carbonyl (C=O) groups excluding carboxylic acids is 1. The van der Waals surface area contributed by atoms with Crippen molar-refractivity contribution in [1.29, 1.82) is 0 Å². The fraction of sp³-hybridized carbons (Fsp3) is 0.368. The van der Waals surface area contributed by atoms with Gasteiger partial charge in [-0.1, -0.05) is 12.1 Å². The molecule has 3 aromatic rings. The summed E-state index contributed by atoms with van der Waals surface area (Å²) in [6.07, 6.45) is 4.64. The minimum Gasteiger partial charge on any atom is -0.357 e. The van der Waals surface area contributed by atoms with Gasteiger partial charge >= 0.3 is 0 Å². The van der Waals surface area contributed by atoms with E-state index in [2.05, 4.69) is 25.4 Å². The summed E-state index contributed by atoms with van der Waals surface area (Å²) in [5.74, 6) is 1.77. The van der Waals surface area contributed by atoms with E-state index >= 15 is 0 Å². The number of nitrogens with zero attached hydrogens (tertiary/aromatic N) is 4. The fourth-order valence-corrected chi connectivity index (χ4v) is 4.22. The monoisotopic (exact) mass is 414 g/mol. The zero-order valence-electron chi connectivity index (χ0n) is 15.4. The Morgan fingerprint density at radius 3 is 2.86 bits per heavy atom. The first-order valence-corrected chi connectivity index (χ1v) is 10.6. The van der Waals surface area contributed by atoms with Gasteiger partial charge in [-0.25, -0.2) is 4.98 Å². The number of rotatable bonds is 7. The second-order valence-corrected chi connectivity index (χ2v) is 8.06. The quantitative estimate of drug-likeness (QED) is 0.580. The molecule has 4 heterocycles. The summed E-state index contributed by atoms with van der Waals surface area (Å²) in [4.78, 5) is 20.1. The van der Waals surface area contributed by atoms with Gasteiger partial charge in [0.1, 0.15) is 5.82 Å². The van der Waals surface area contributed by atoms with Crippen molar-refractivity contribution in [2.45, 2.75) is 32.4 Å². The summed E-state index contributed by atoms with van der Waals surface area (Å²) in [7, 11) is 0. The highest BCUT2D eigenvalue weighted by Crippen LogP contribution is 2.23. The topological polar surface area (TPSA) is 78.8 Å². The van der Waals surface area contributed by atoms with Crippen molar-refractivity contribution in [2.24, 2.45) is 0 Å². The lowest BCUT2D eigenvalue weighted by molar-refractivity contribution is -0.121. The van der Waals surface area contributed by atoms with Crippen LogP contribution in [0.4, 0.5) is 5.82 Å². The lowest BCUT2D eigenvalue weighted by Gasteiger charge is -2.16. The SMILES string of the molecule is O=C(CCn1c(-c2cccs2)n[nH]c1=S)NCc1ccc(N2CCCC2)nc1. The van der Waals surface area contributed by atoms with E-state index in [9.17, 15) is 4.79 Å². The van der Waals surface area contributed by atoms with Crippen LogP contribution in [-0.4, -0.2) is 38.7 Å². The number of hydrogen-bond donors (Lipinski definition) is 2. The molecule has 0 radical (unpaired) electrons. The Morgan fingerprint density at radius 1 is 1.29 bits per heavy atom. The van der Waals surface area contributed by atoms with Gasteiger partial charge in [0.15, 0.2) is 10.6 Å². The first-order valence-electron chi connectivity index (χ1n) is 9.36. The van der Waals surface area contributed by atoms with Gasteiger partial charge in [-0.05, 0) is 48.1 Å². The molecule has 0 aromatic carbocycles. The Hall–Kier alpha value is -2.52. The molecule has 1 amide bonds. The molecular formula is C19H22N6OS2. The Morgan fingerprint density at radius 2 is 2.14 bits per heavy atom. The number of aromatic amines is 1. The molecule has 1 aliphatic heterocycles. The fourth-order valence-electron chi connectivity index (χ4n) is 3.28. The van der Waals surface area contributed by atoms with Crippen molar-refractivity contribution in [3.05, 3.63) is 46.2 Å². The van der Waals surface area contributed by atoms with Gasteiger partial charge in [-0.2, -0.15) is 5.10 Å². The third-order valence-corrected chi connectivity index (χ3v) is 5.97. The smallest absolute Gasteiger partial charge is 0.222 e. The number of anilines is 1. The van der Waals surface area contributed by atoms with E-state index in [1.165, 1.54) is 12.8 Å². The second kappa shape index (κ2) is 8.66. The molecule has 0 spiro atoms. The summed E-state index contributed by atoms with van der Waals surface area (Å²) < 4.78 is 2.39. The standard InChI is InChI=1S/C19H22N6OS2/c26-17(7-10-25-18(22-23-19(25)27)15-4-3-11-28-15)21-13-14-5-6-16(20-12-14)24-8-1-2-9-24/h3-6,11-12H,1-2,7-10,13H2,(H,21,26)(H,23,27). The van der Waals surface area contributed by atoms with Crippen LogP contribution in [0.1, 0.15) is 24.8 Å². The van der Waals surface area contributed by atoms with E-state index in [1.807, 2.05) is 40.4 Å². The van der Waals surface area contributed by atoms with Crippen LogP contribution in [0.2, 0.25) is 0 Å². The van der Waals surface area contributed by atoms with Crippen molar-refractivity contribution >= 4 is 35.3 Å². The van der Waals surface area contributed by atoms with E-state index in [0.717, 1.165) is 35.2 Å². The number of amides is 1. The van der Waals surface area contributed by atoms with Gasteiger partial charge in [0, 0.05) is 38.8 Å². The van der Waals surface area contributed by atoms with Gasteiger partial charge in [0.25, 0.3) is 0 Å². The Labute approximate surface area is 172 Å². The number of hydrogen-bond acceptors (Lipinski definition) is 6. The molecule has 4 rings (SSSR count). The Balaban J connectivity index is 1.30. The third kappa shape index (κ3) is 4.31. The summed E-state index contributed by atoms with van der Waals surface area (Å²) in [6, 6.07) is 8.02. The van der Waals surface area contributed by atoms with Gasteiger partial charge in [0.2, 0.25) is 5.91 Å². The maximum absolute atomic E-state index is 12.3. The molecule has 1 aliphatic rings. The minimum absolute atomic E-state index is 0.0242. The zero-order valence-corrected chi connectivity index (χ0v) is 17.1. The molecule has 0 unspecified atom stereocenters. The normalized spacial score (nSPS) is 13.8. The molecule has 3 aromatic heterocycles. The molecule has 28 heavy (non-hydrogen) atoms. The number of nitrogens with one attached hydrogen (secondary N) is 2. The molecule has 0 saturated carbocycles.